The maximum atomic E-state index is 12.9. The van der Waals surface area contributed by atoms with Crippen LogP contribution in [0, 0.1) is 0 Å². The average molecular weight is 342 g/mol. The molecule has 0 unspecified atom stereocenters. The maximum absolute atomic E-state index is 12.9. The molecule has 0 spiro atoms. The Bertz CT molecular complexity index is 928. The normalized spacial score (nSPS) is 12.1. The molecule has 0 saturated carbocycles. The number of hydrogen-bond donors (Lipinski definition) is 2. The second kappa shape index (κ2) is 6.79. The first-order valence-corrected chi connectivity index (χ1v) is 9.60. The molecule has 3 aromatic rings. The number of aromatic amines is 1. The molecule has 24 heavy (non-hydrogen) atoms. The predicted molar refractivity (Wildman–Crippen MR) is 97.0 cm³/mol. The molecule has 0 aliphatic heterocycles. The van der Waals surface area contributed by atoms with Gasteiger partial charge in [-0.3, -0.25) is 0 Å². The van der Waals surface area contributed by atoms with E-state index in [1.54, 1.807) is 30.5 Å². The second-order valence-electron chi connectivity index (χ2n) is 6.21. The molecule has 0 amide bonds. The lowest BCUT2D eigenvalue weighted by atomic mass is 10.1. The van der Waals surface area contributed by atoms with E-state index in [1.807, 2.05) is 24.3 Å². The third-order valence-corrected chi connectivity index (χ3v) is 5.83. The number of nitrogens with one attached hydrogen (secondary N) is 2. The molecule has 1 heterocycles. The standard InChI is InChI=1S/C19H22N2O2S/c1-14(2)20-11-10-15-8-9-18-17(12-15)19(13-21-18)24(22,23)16-6-4-3-5-7-16/h3-9,12-14,20-21H,10-11H2,1-2H3. The van der Waals surface area contributed by atoms with E-state index in [1.165, 1.54) is 0 Å². The molecule has 4 nitrogen and oxygen atoms in total. The largest absolute Gasteiger partial charge is 0.360 e. The number of rotatable bonds is 6. The molecule has 3 rings (SSSR count). The summed E-state index contributed by atoms with van der Waals surface area (Å²) in [4.78, 5) is 3.72. The van der Waals surface area contributed by atoms with Gasteiger partial charge < -0.3 is 10.3 Å². The molecule has 0 aliphatic rings. The summed E-state index contributed by atoms with van der Waals surface area (Å²) < 4.78 is 25.8. The van der Waals surface area contributed by atoms with Gasteiger partial charge in [0.25, 0.3) is 0 Å². The van der Waals surface area contributed by atoms with Gasteiger partial charge in [-0.25, -0.2) is 8.42 Å². The van der Waals surface area contributed by atoms with Crippen molar-refractivity contribution in [2.75, 3.05) is 6.54 Å². The van der Waals surface area contributed by atoms with Crippen LogP contribution in [-0.2, 0) is 16.3 Å². The fourth-order valence-electron chi connectivity index (χ4n) is 2.75. The Labute approximate surface area is 142 Å². The highest BCUT2D eigenvalue weighted by molar-refractivity contribution is 7.91. The van der Waals surface area contributed by atoms with Gasteiger partial charge in [0.1, 0.15) is 0 Å². The monoisotopic (exact) mass is 342 g/mol. The van der Waals surface area contributed by atoms with Crippen LogP contribution in [0.2, 0.25) is 0 Å². The first-order chi connectivity index (χ1) is 11.5. The van der Waals surface area contributed by atoms with Crippen molar-refractivity contribution >= 4 is 20.7 Å². The molecule has 2 N–H and O–H groups in total. The number of aromatic nitrogens is 1. The fourth-order valence-corrected chi connectivity index (χ4v) is 4.19. The summed E-state index contributed by atoms with van der Waals surface area (Å²) >= 11 is 0. The molecule has 2 aromatic carbocycles. The minimum atomic E-state index is -3.52. The van der Waals surface area contributed by atoms with E-state index < -0.39 is 9.84 Å². The Morgan fingerprint density at radius 3 is 2.54 bits per heavy atom. The topological polar surface area (TPSA) is 62.0 Å². The Balaban J connectivity index is 1.97. The average Bonchev–Trinajstić information content (AvgIpc) is 2.99. The number of fused-ring (bicyclic) bond motifs is 1. The Morgan fingerprint density at radius 1 is 1.08 bits per heavy atom. The van der Waals surface area contributed by atoms with Crippen LogP contribution >= 0.6 is 0 Å². The quantitative estimate of drug-likeness (QED) is 0.720. The van der Waals surface area contributed by atoms with Gasteiger partial charge in [-0.1, -0.05) is 38.1 Å². The SMILES string of the molecule is CC(C)NCCc1ccc2[nH]cc(S(=O)(=O)c3ccccc3)c2c1. The molecule has 0 fully saturated rings. The molecule has 0 saturated heterocycles. The fraction of sp³-hybridized carbons (Fsp3) is 0.263. The molecule has 0 aliphatic carbocycles. The molecule has 1 aromatic heterocycles. The lowest BCUT2D eigenvalue weighted by Crippen LogP contribution is -2.24. The zero-order valence-corrected chi connectivity index (χ0v) is 14.7. The predicted octanol–water partition coefficient (Wildman–Crippen LogP) is 3.54. The smallest absolute Gasteiger partial charge is 0.208 e. The van der Waals surface area contributed by atoms with Crippen molar-refractivity contribution in [2.24, 2.45) is 0 Å². The van der Waals surface area contributed by atoms with Gasteiger partial charge in [-0.15, -0.1) is 0 Å². The van der Waals surface area contributed by atoms with Crippen molar-refractivity contribution in [3.05, 3.63) is 60.3 Å². The lowest BCUT2D eigenvalue weighted by molar-refractivity contribution is 0.590. The van der Waals surface area contributed by atoms with Crippen molar-refractivity contribution in [3.8, 4) is 0 Å². The molecular formula is C19H22N2O2S. The first kappa shape index (κ1) is 16.7. The van der Waals surface area contributed by atoms with Crippen LogP contribution in [0.25, 0.3) is 10.9 Å². The van der Waals surface area contributed by atoms with Crippen LogP contribution < -0.4 is 5.32 Å². The number of H-pyrrole nitrogens is 1. The van der Waals surface area contributed by atoms with Crippen LogP contribution in [0.1, 0.15) is 19.4 Å². The Morgan fingerprint density at radius 2 is 1.83 bits per heavy atom. The molecule has 126 valence electrons. The third-order valence-electron chi connectivity index (χ3n) is 4.02. The first-order valence-electron chi connectivity index (χ1n) is 8.12. The highest BCUT2D eigenvalue weighted by atomic mass is 32.2. The van der Waals surface area contributed by atoms with Gasteiger partial charge in [-0.2, -0.15) is 0 Å². The van der Waals surface area contributed by atoms with Crippen molar-refractivity contribution < 1.29 is 8.42 Å². The van der Waals surface area contributed by atoms with Gasteiger partial charge >= 0.3 is 0 Å². The minimum absolute atomic E-state index is 0.317. The van der Waals surface area contributed by atoms with E-state index in [0.29, 0.717) is 15.8 Å². The number of sulfone groups is 1. The summed E-state index contributed by atoms with van der Waals surface area (Å²) in [5, 5.41) is 4.13. The molecule has 0 bridgehead atoms. The Hall–Kier alpha value is -2.11. The van der Waals surface area contributed by atoms with E-state index in [9.17, 15) is 8.42 Å². The minimum Gasteiger partial charge on any atom is -0.360 e. The van der Waals surface area contributed by atoms with Crippen LogP contribution in [-0.4, -0.2) is 26.0 Å². The summed E-state index contributed by atoms with van der Waals surface area (Å²) in [5.74, 6) is 0. The lowest BCUT2D eigenvalue weighted by Gasteiger charge is -2.08. The van der Waals surface area contributed by atoms with Gasteiger partial charge in [0, 0.05) is 23.1 Å². The molecule has 0 radical (unpaired) electrons. The van der Waals surface area contributed by atoms with E-state index in [4.69, 9.17) is 0 Å². The Kier molecular flexibility index (Phi) is 4.73. The van der Waals surface area contributed by atoms with Gasteiger partial charge in [0.2, 0.25) is 9.84 Å². The van der Waals surface area contributed by atoms with E-state index >= 15 is 0 Å². The van der Waals surface area contributed by atoms with Crippen molar-refractivity contribution in [3.63, 3.8) is 0 Å². The summed E-state index contributed by atoms with van der Waals surface area (Å²) in [6, 6.07) is 15.0. The second-order valence-corrected chi connectivity index (χ2v) is 8.13. The zero-order chi connectivity index (χ0) is 17.2. The molecule has 0 atom stereocenters. The summed E-state index contributed by atoms with van der Waals surface area (Å²) in [6.45, 7) is 5.09. The van der Waals surface area contributed by atoms with Gasteiger partial charge in [-0.05, 0) is 42.8 Å². The number of benzene rings is 2. The number of hydrogen-bond acceptors (Lipinski definition) is 3. The summed E-state index contributed by atoms with van der Waals surface area (Å²) in [5.41, 5.74) is 1.96. The van der Waals surface area contributed by atoms with E-state index in [0.717, 1.165) is 29.4 Å². The molecule has 5 heteroatoms. The van der Waals surface area contributed by atoms with Crippen LogP contribution in [0.3, 0.4) is 0 Å². The van der Waals surface area contributed by atoms with Crippen LogP contribution in [0.5, 0.6) is 0 Å². The van der Waals surface area contributed by atoms with E-state index in [2.05, 4.69) is 24.1 Å². The third kappa shape index (κ3) is 3.37. The van der Waals surface area contributed by atoms with Crippen LogP contribution in [0.4, 0.5) is 0 Å². The highest BCUT2D eigenvalue weighted by Crippen LogP contribution is 2.29. The maximum Gasteiger partial charge on any atom is 0.208 e. The van der Waals surface area contributed by atoms with Crippen molar-refractivity contribution in [2.45, 2.75) is 36.1 Å². The zero-order valence-electron chi connectivity index (χ0n) is 13.9. The van der Waals surface area contributed by atoms with Gasteiger partial charge in [0.15, 0.2) is 0 Å². The van der Waals surface area contributed by atoms with Crippen LogP contribution in [0.15, 0.2) is 64.5 Å². The van der Waals surface area contributed by atoms with E-state index in [-0.39, 0.29) is 0 Å². The van der Waals surface area contributed by atoms with Crippen molar-refractivity contribution in [1.82, 2.24) is 10.3 Å². The summed E-state index contributed by atoms with van der Waals surface area (Å²) in [6.07, 6.45) is 2.45. The highest BCUT2D eigenvalue weighted by Gasteiger charge is 2.21. The van der Waals surface area contributed by atoms with Crippen molar-refractivity contribution in [1.29, 1.82) is 0 Å². The molecular weight excluding hydrogens is 320 g/mol. The summed E-state index contributed by atoms with van der Waals surface area (Å²) in [7, 11) is -3.52. The van der Waals surface area contributed by atoms with Gasteiger partial charge in [0.05, 0.1) is 9.79 Å².